The highest BCUT2D eigenvalue weighted by atomic mass is 35.5. The highest BCUT2D eigenvalue weighted by Crippen LogP contribution is 2.47. The SMILES string of the molecule is Cn1cncc1C(=O)NCc1ccc(Cl)c(Nc2nc3cc(C(=O)NC4CCCCC4)c(N4CC5CC5C4)cc3n2C)c1Cl. The lowest BCUT2D eigenvalue weighted by Crippen LogP contribution is -2.37. The summed E-state index contributed by atoms with van der Waals surface area (Å²) < 4.78 is 3.61. The zero-order valence-electron chi connectivity index (χ0n) is 24.9. The first-order chi connectivity index (χ1) is 21.3. The summed E-state index contributed by atoms with van der Waals surface area (Å²) in [5, 5.41) is 10.3. The molecule has 2 unspecified atom stereocenters. The van der Waals surface area contributed by atoms with Gasteiger partial charge in [-0.2, -0.15) is 0 Å². The molecule has 2 aromatic heterocycles. The Kier molecular flexibility index (Phi) is 7.66. The van der Waals surface area contributed by atoms with Crippen molar-refractivity contribution in [1.29, 1.82) is 0 Å². The summed E-state index contributed by atoms with van der Waals surface area (Å²) in [6.45, 7) is 2.17. The summed E-state index contributed by atoms with van der Waals surface area (Å²) in [5.41, 5.74) is 4.91. The smallest absolute Gasteiger partial charge is 0.269 e. The van der Waals surface area contributed by atoms with Crippen LogP contribution in [0.15, 0.2) is 36.8 Å². The summed E-state index contributed by atoms with van der Waals surface area (Å²) >= 11 is 13.4. The van der Waals surface area contributed by atoms with Crippen molar-refractivity contribution in [3.05, 3.63) is 63.7 Å². The molecule has 4 aromatic rings. The Morgan fingerprint density at radius 1 is 1.02 bits per heavy atom. The molecule has 230 valence electrons. The van der Waals surface area contributed by atoms with E-state index in [9.17, 15) is 9.59 Å². The summed E-state index contributed by atoms with van der Waals surface area (Å²) in [4.78, 5) is 37.6. The normalized spacial score (nSPS) is 19.7. The summed E-state index contributed by atoms with van der Waals surface area (Å²) in [7, 11) is 3.70. The Labute approximate surface area is 266 Å². The lowest BCUT2D eigenvalue weighted by atomic mass is 9.95. The van der Waals surface area contributed by atoms with E-state index in [4.69, 9.17) is 28.2 Å². The molecule has 3 N–H and O–H groups in total. The zero-order chi connectivity index (χ0) is 30.5. The highest BCUT2D eigenvalue weighted by Gasteiger charge is 2.45. The molecule has 2 aromatic carbocycles. The first kappa shape index (κ1) is 29.0. The minimum absolute atomic E-state index is 0.0264. The van der Waals surface area contributed by atoms with Crippen LogP contribution in [-0.2, 0) is 20.6 Å². The van der Waals surface area contributed by atoms with Crippen LogP contribution in [-0.4, -0.2) is 50.0 Å². The van der Waals surface area contributed by atoms with E-state index in [1.165, 1.54) is 19.0 Å². The van der Waals surface area contributed by atoms with Gasteiger partial charge in [0.1, 0.15) is 5.69 Å². The number of piperidine rings is 1. The van der Waals surface area contributed by atoms with Crippen LogP contribution in [0.1, 0.15) is 64.9 Å². The fourth-order valence-corrected chi connectivity index (χ4v) is 7.22. The molecule has 2 aliphatic carbocycles. The number of benzene rings is 2. The van der Waals surface area contributed by atoms with Crippen molar-refractivity contribution >= 4 is 63.4 Å². The van der Waals surface area contributed by atoms with Gasteiger partial charge in [0.05, 0.1) is 50.5 Å². The van der Waals surface area contributed by atoms with E-state index in [0.717, 1.165) is 61.8 Å². The molecular weight excluding hydrogens is 599 g/mol. The molecule has 2 amide bonds. The number of rotatable bonds is 8. The maximum atomic E-state index is 13.7. The number of hydrogen-bond donors (Lipinski definition) is 3. The molecule has 12 heteroatoms. The first-order valence-corrected chi connectivity index (χ1v) is 16.1. The van der Waals surface area contributed by atoms with Gasteiger partial charge in [-0.25, -0.2) is 9.97 Å². The quantitative estimate of drug-likeness (QED) is 0.226. The van der Waals surface area contributed by atoms with Gasteiger partial charge < -0.3 is 30.0 Å². The van der Waals surface area contributed by atoms with Crippen molar-refractivity contribution in [1.82, 2.24) is 29.7 Å². The fourth-order valence-electron chi connectivity index (χ4n) is 6.69. The van der Waals surface area contributed by atoms with Crippen LogP contribution < -0.4 is 20.9 Å². The van der Waals surface area contributed by atoms with E-state index in [1.807, 2.05) is 17.7 Å². The molecule has 44 heavy (non-hydrogen) atoms. The van der Waals surface area contributed by atoms with Crippen LogP contribution in [0.4, 0.5) is 17.3 Å². The molecule has 3 fully saturated rings. The van der Waals surface area contributed by atoms with Crippen LogP contribution in [0.2, 0.25) is 10.0 Å². The number of aromatic nitrogens is 4. The Morgan fingerprint density at radius 3 is 2.52 bits per heavy atom. The predicted octanol–water partition coefficient (Wildman–Crippen LogP) is 5.81. The molecule has 2 saturated carbocycles. The average Bonchev–Trinajstić information content (AvgIpc) is 3.29. The number of anilines is 3. The Balaban J connectivity index is 1.17. The zero-order valence-corrected chi connectivity index (χ0v) is 26.4. The second-order valence-corrected chi connectivity index (χ2v) is 13.2. The Morgan fingerprint density at radius 2 is 1.80 bits per heavy atom. The largest absolute Gasteiger partial charge is 0.370 e. The monoisotopic (exact) mass is 634 g/mol. The lowest BCUT2D eigenvalue weighted by Gasteiger charge is -2.26. The Bertz CT molecular complexity index is 1750. The summed E-state index contributed by atoms with van der Waals surface area (Å²) in [6, 6.07) is 7.78. The molecule has 2 atom stereocenters. The number of carbonyl (C=O) groups is 2. The standard InChI is InChI=1S/C32H36Cl2N8O2/c1-40-17-35-14-27(40)31(44)36-13-18-8-9-23(33)29(28(18)34)39-32-38-24-11-22(30(43)37-21-6-4-3-5-7-21)25(12-26(24)41(32)2)42-15-19-10-20(19)16-42/h8-9,11-12,14,17,19-21H,3-7,10,13,15-16H2,1-2H3,(H,36,44)(H,37,43)(H,38,39). The maximum Gasteiger partial charge on any atom is 0.269 e. The van der Waals surface area contributed by atoms with Crippen LogP contribution >= 0.6 is 23.2 Å². The third-order valence-electron chi connectivity index (χ3n) is 9.40. The van der Waals surface area contributed by atoms with Gasteiger partial charge in [-0.3, -0.25) is 9.59 Å². The molecule has 1 saturated heterocycles. The lowest BCUT2D eigenvalue weighted by molar-refractivity contribution is 0.0924. The topological polar surface area (TPSA) is 109 Å². The maximum absolute atomic E-state index is 13.7. The molecule has 3 heterocycles. The van der Waals surface area contributed by atoms with Crippen molar-refractivity contribution in [2.75, 3.05) is 23.3 Å². The molecular formula is C32H36Cl2N8O2. The van der Waals surface area contributed by atoms with E-state index in [2.05, 4.69) is 31.9 Å². The number of halogens is 2. The van der Waals surface area contributed by atoms with Crippen molar-refractivity contribution in [3.63, 3.8) is 0 Å². The van der Waals surface area contributed by atoms with Crippen molar-refractivity contribution < 1.29 is 9.59 Å². The van der Waals surface area contributed by atoms with Gasteiger partial charge in [0, 0.05) is 39.8 Å². The minimum Gasteiger partial charge on any atom is -0.370 e. The third-order valence-corrected chi connectivity index (χ3v) is 10.1. The van der Waals surface area contributed by atoms with Crippen LogP contribution in [0.5, 0.6) is 0 Å². The predicted molar refractivity (Wildman–Crippen MR) is 173 cm³/mol. The molecule has 1 aliphatic heterocycles. The molecule has 0 spiro atoms. The first-order valence-electron chi connectivity index (χ1n) is 15.3. The molecule has 7 rings (SSSR count). The second kappa shape index (κ2) is 11.6. The van der Waals surface area contributed by atoms with Crippen molar-refractivity contribution in [2.45, 2.75) is 51.1 Å². The fraction of sp³-hybridized carbons (Fsp3) is 0.438. The van der Waals surface area contributed by atoms with E-state index in [-0.39, 0.29) is 24.4 Å². The van der Waals surface area contributed by atoms with E-state index in [0.29, 0.717) is 44.0 Å². The molecule has 0 radical (unpaired) electrons. The van der Waals surface area contributed by atoms with Crippen LogP contribution in [0.25, 0.3) is 11.0 Å². The van der Waals surface area contributed by atoms with E-state index in [1.54, 1.807) is 30.1 Å². The second-order valence-electron chi connectivity index (χ2n) is 12.4. The average molecular weight is 636 g/mol. The molecule has 3 aliphatic rings. The number of nitrogens with zero attached hydrogens (tertiary/aromatic N) is 5. The number of nitrogens with one attached hydrogen (secondary N) is 3. The highest BCUT2D eigenvalue weighted by molar-refractivity contribution is 6.39. The number of imidazole rings is 2. The van der Waals surface area contributed by atoms with Gasteiger partial charge in [-0.1, -0.05) is 48.5 Å². The summed E-state index contributed by atoms with van der Waals surface area (Å²) in [5.74, 6) is 1.72. The number of aryl methyl sites for hydroxylation is 2. The number of carbonyl (C=O) groups excluding carboxylic acids is 2. The molecule has 0 bridgehead atoms. The number of hydrogen-bond acceptors (Lipinski definition) is 6. The molecule has 10 nitrogen and oxygen atoms in total. The van der Waals surface area contributed by atoms with E-state index >= 15 is 0 Å². The van der Waals surface area contributed by atoms with Crippen molar-refractivity contribution in [3.8, 4) is 0 Å². The van der Waals surface area contributed by atoms with Crippen LogP contribution in [0, 0.1) is 11.8 Å². The van der Waals surface area contributed by atoms with Gasteiger partial charge in [-0.05, 0) is 54.9 Å². The van der Waals surface area contributed by atoms with Gasteiger partial charge in [-0.15, -0.1) is 0 Å². The van der Waals surface area contributed by atoms with E-state index < -0.39 is 0 Å². The van der Waals surface area contributed by atoms with Gasteiger partial charge in [0.15, 0.2) is 0 Å². The minimum atomic E-state index is -0.254. The number of amides is 2. The Hall–Kier alpha value is -3.76. The van der Waals surface area contributed by atoms with Crippen LogP contribution in [0.3, 0.4) is 0 Å². The summed E-state index contributed by atoms with van der Waals surface area (Å²) in [6.07, 6.45) is 9.99. The van der Waals surface area contributed by atoms with Crippen molar-refractivity contribution in [2.24, 2.45) is 25.9 Å². The third kappa shape index (κ3) is 5.49. The van der Waals surface area contributed by atoms with Gasteiger partial charge in [0.2, 0.25) is 5.95 Å². The van der Waals surface area contributed by atoms with Gasteiger partial charge >= 0.3 is 0 Å². The number of fused-ring (bicyclic) bond motifs is 2. The van der Waals surface area contributed by atoms with Gasteiger partial charge in [0.25, 0.3) is 11.8 Å².